The fourth-order valence-corrected chi connectivity index (χ4v) is 8.21. The first-order chi connectivity index (χ1) is 29.3. The molecule has 0 spiro atoms. The Balaban J connectivity index is 1.07. The summed E-state index contributed by atoms with van der Waals surface area (Å²) in [5.41, 5.74) is -2.93. The van der Waals surface area contributed by atoms with Crippen LogP contribution >= 0.6 is 0 Å². The number of benzene rings is 3. The maximum atomic E-state index is 13.9. The number of carboxylic acids is 2. The predicted molar refractivity (Wildman–Crippen MR) is 204 cm³/mol. The number of rotatable bonds is 10. The third-order valence-corrected chi connectivity index (χ3v) is 11.4. The van der Waals surface area contributed by atoms with E-state index in [-0.39, 0.29) is 56.8 Å². The van der Waals surface area contributed by atoms with E-state index in [0.29, 0.717) is 0 Å². The van der Waals surface area contributed by atoms with Crippen molar-refractivity contribution in [3.05, 3.63) is 87.5 Å². The summed E-state index contributed by atoms with van der Waals surface area (Å²) in [4.78, 5) is 77.7. The number of aliphatic hydroxyl groups is 5. The van der Waals surface area contributed by atoms with Crippen LogP contribution in [0.25, 0.3) is 0 Å². The van der Waals surface area contributed by atoms with E-state index in [0.717, 1.165) is 0 Å². The topological polar surface area (TPSA) is 334 Å². The number of para-hydroxylation sites is 1. The molecule has 21 heteroatoms. The smallest absolute Gasteiger partial charge is 0.414 e. The fraction of sp³-hybridized carbons (Fsp3) is 0.415. The van der Waals surface area contributed by atoms with Gasteiger partial charge in [-0.05, 0) is 36.2 Å². The first-order valence-corrected chi connectivity index (χ1v) is 19.2. The quantitative estimate of drug-likeness (QED) is 0.0974. The molecule has 3 aromatic rings. The van der Waals surface area contributed by atoms with Gasteiger partial charge in [0, 0.05) is 41.6 Å². The molecule has 21 nitrogen and oxygen atoms in total. The maximum Gasteiger partial charge on any atom is 0.414 e. The van der Waals surface area contributed by atoms with Gasteiger partial charge in [-0.25, -0.2) is 14.4 Å². The summed E-state index contributed by atoms with van der Waals surface area (Å²) >= 11 is 0. The van der Waals surface area contributed by atoms with Gasteiger partial charge in [0.2, 0.25) is 18.0 Å². The van der Waals surface area contributed by atoms with Gasteiger partial charge in [0.15, 0.2) is 23.8 Å². The minimum atomic E-state index is -2.46. The SMILES string of the molecule is COc1cccc2c1C(=O)c1c(cc3c(c1O)[C@@H](O[C@H]1C[C@H](NC(=O)Cc4ccccc4NC(=O)O[C@@H]4O[C@H](C(=O)O)[C@@H](O)[C@H](O)[C@H]4O)[C@H](O)[C@H](C)O1)C[C@](O)(C(=O)O)C3)C2=O. The Morgan fingerprint density at radius 2 is 1.61 bits per heavy atom. The number of phenolic OH excluding ortho intramolecular Hbond substituents is 1. The van der Waals surface area contributed by atoms with Crippen LogP contribution in [0.5, 0.6) is 11.5 Å². The van der Waals surface area contributed by atoms with Crippen LogP contribution < -0.4 is 15.4 Å². The summed E-state index contributed by atoms with van der Waals surface area (Å²) in [5.74, 6) is -5.96. The Kier molecular flexibility index (Phi) is 12.1. The van der Waals surface area contributed by atoms with Crippen molar-refractivity contribution in [2.24, 2.45) is 0 Å². The van der Waals surface area contributed by atoms with Crippen LogP contribution in [0.15, 0.2) is 48.5 Å². The predicted octanol–water partition coefficient (Wildman–Crippen LogP) is -0.340. The number of hydrogen-bond donors (Lipinski definition) is 10. The van der Waals surface area contributed by atoms with Crippen LogP contribution in [0.2, 0.25) is 0 Å². The van der Waals surface area contributed by atoms with E-state index in [1.165, 1.54) is 56.5 Å². The highest BCUT2D eigenvalue weighted by molar-refractivity contribution is 6.30. The van der Waals surface area contributed by atoms with E-state index in [9.17, 15) is 69.6 Å². The molecule has 330 valence electrons. The molecule has 0 radical (unpaired) electrons. The van der Waals surface area contributed by atoms with Crippen LogP contribution in [0.4, 0.5) is 10.5 Å². The van der Waals surface area contributed by atoms with E-state index in [1.807, 2.05) is 0 Å². The van der Waals surface area contributed by atoms with E-state index in [4.69, 9.17) is 23.7 Å². The second kappa shape index (κ2) is 17.0. The number of aromatic hydroxyl groups is 1. The first kappa shape index (κ1) is 44.0. The molecule has 3 aromatic carbocycles. The molecular weight excluding hydrogens is 824 g/mol. The van der Waals surface area contributed by atoms with Crippen molar-refractivity contribution in [3.63, 3.8) is 0 Å². The summed E-state index contributed by atoms with van der Waals surface area (Å²) in [5, 5.41) is 88.6. The minimum absolute atomic E-state index is 0.00305. The summed E-state index contributed by atoms with van der Waals surface area (Å²) < 4.78 is 27.4. The van der Waals surface area contributed by atoms with E-state index in [2.05, 4.69) is 10.6 Å². The number of carbonyl (C=O) groups is 6. The molecule has 2 heterocycles. The summed E-state index contributed by atoms with van der Waals surface area (Å²) in [7, 11) is 1.31. The highest BCUT2D eigenvalue weighted by atomic mass is 16.7. The number of carbonyl (C=O) groups excluding carboxylic acids is 4. The lowest BCUT2D eigenvalue weighted by molar-refractivity contribution is -0.277. The van der Waals surface area contributed by atoms with Crippen LogP contribution in [-0.4, -0.2) is 144 Å². The molecule has 4 aliphatic rings. The lowest BCUT2D eigenvalue weighted by atomic mass is 9.73. The van der Waals surface area contributed by atoms with Crippen molar-refractivity contribution in [1.29, 1.82) is 0 Å². The third kappa shape index (κ3) is 8.07. The maximum absolute atomic E-state index is 13.9. The Bertz CT molecular complexity index is 2330. The van der Waals surface area contributed by atoms with Crippen LogP contribution in [0.3, 0.4) is 0 Å². The fourth-order valence-electron chi connectivity index (χ4n) is 8.21. The standard InChI is InChI=1S/C41H42N2O19/c1-15-29(45)21(42-24(44)11-16-6-3-4-8-20(16)43-40(56)62-38-35(51)33(49)34(50)36(61-38)37(52)53)12-25(59-15)60-23-14-41(57,39(54)55)13-17-10-19-28(31(47)26(17)23)32(48)27-18(30(19)46)7-5-9-22(27)58-2/h3-10,15,21,23,25,29,33-36,38,45,47,49-51,57H,11-14H2,1-2H3,(H,42,44)(H,43,56)(H,52,53)(H,54,55)/t15-,21-,23-,25-,29+,33-,34-,35+,36-,38-,41-/m0/s1. The Morgan fingerprint density at radius 1 is 0.887 bits per heavy atom. The molecule has 0 aromatic heterocycles. The van der Waals surface area contributed by atoms with Gasteiger partial charge in [-0.2, -0.15) is 0 Å². The average molecular weight is 867 g/mol. The van der Waals surface area contributed by atoms with Crippen LogP contribution in [0, 0.1) is 0 Å². The number of ketones is 2. The molecule has 0 bridgehead atoms. The molecule has 2 amide bonds. The number of methoxy groups -OCH3 is 1. The molecule has 2 fully saturated rings. The number of nitrogens with one attached hydrogen (secondary N) is 2. The van der Waals surface area contributed by atoms with Gasteiger partial charge in [-0.3, -0.25) is 19.7 Å². The molecule has 11 atom stereocenters. The normalized spacial score (nSPS) is 30.2. The van der Waals surface area contributed by atoms with E-state index >= 15 is 0 Å². The number of anilines is 1. The highest BCUT2D eigenvalue weighted by Crippen LogP contribution is 2.48. The van der Waals surface area contributed by atoms with Gasteiger partial charge in [-0.1, -0.05) is 30.3 Å². The average Bonchev–Trinajstić information content (AvgIpc) is 3.21. The molecular formula is C41H42N2O19. The molecule has 7 rings (SSSR count). The highest BCUT2D eigenvalue weighted by Gasteiger charge is 2.50. The number of amides is 2. The van der Waals surface area contributed by atoms with Gasteiger partial charge in [0.1, 0.15) is 35.9 Å². The number of fused-ring (bicyclic) bond motifs is 3. The molecule has 0 saturated carbocycles. The van der Waals surface area contributed by atoms with Gasteiger partial charge >= 0.3 is 18.0 Å². The lowest BCUT2D eigenvalue weighted by Gasteiger charge is -2.42. The summed E-state index contributed by atoms with van der Waals surface area (Å²) in [6.07, 6.45) is -18.3. The molecule has 10 N–H and O–H groups in total. The zero-order chi connectivity index (χ0) is 44.9. The Morgan fingerprint density at radius 3 is 2.31 bits per heavy atom. The van der Waals surface area contributed by atoms with E-state index < -0.39 is 127 Å². The second-order valence-corrected chi connectivity index (χ2v) is 15.4. The zero-order valence-corrected chi connectivity index (χ0v) is 32.8. The molecule has 2 aliphatic carbocycles. The number of aliphatic hydroxyl groups excluding tert-OH is 4. The van der Waals surface area contributed by atoms with Gasteiger partial charge < -0.3 is 69.9 Å². The van der Waals surface area contributed by atoms with Gasteiger partial charge in [-0.15, -0.1) is 0 Å². The lowest BCUT2D eigenvalue weighted by Crippen LogP contribution is -2.60. The van der Waals surface area contributed by atoms with Crippen molar-refractivity contribution in [2.75, 3.05) is 12.4 Å². The zero-order valence-electron chi connectivity index (χ0n) is 32.8. The first-order valence-electron chi connectivity index (χ1n) is 19.2. The van der Waals surface area contributed by atoms with E-state index in [1.54, 1.807) is 6.07 Å². The number of aliphatic carboxylic acids is 2. The van der Waals surface area contributed by atoms with Crippen molar-refractivity contribution in [3.8, 4) is 11.5 Å². The summed E-state index contributed by atoms with van der Waals surface area (Å²) in [6, 6.07) is 10.5. The van der Waals surface area contributed by atoms with Gasteiger partial charge in [0.25, 0.3) is 0 Å². The minimum Gasteiger partial charge on any atom is -0.507 e. The Labute approximate surface area is 350 Å². The van der Waals surface area contributed by atoms with Crippen LogP contribution in [-0.2, 0) is 46.2 Å². The molecule has 0 unspecified atom stereocenters. The largest absolute Gasteiger partial charge is 0.507 e. The monoisotopic (exact) mass is 866 g/mol. The molecule has 2 aliphatic heterocycles. The van der Waals surface area contributed by atoms with Crippen molar-refractivity contribution in [2.45, 2.75) is 99.6 Å². The number of carboxylic acid groups (broad SMARTS) is 2. The third-order valence-electron chi connectivity index (χ3n) is 11.4. The molecule has 2 saturated heterocycles. The van der Waals surface area contributed by atoms with Crippen LogP contribution in [0.1, 0.15) is 74.4 Å². The molecule has 62 heavy (non-hydrogen) atoms. The second-order valence-electron chi connectivity index (χ2n) is 15.4. The number of phenols is 1. The number of ether oxygens (including phenoxy) is 5. The van der Waals surface area contributed by atoms with Crippen molar-refractivity contribution < 1.29 is 93.3 Å². The van der Waals surface area contributed by atoms with Crippen molar-refractivity contribution >= 4 is 41.2 Å². The Hall–Kier alpha value is -6.04. The van der Waals surface area contributed by atoms with Crippen molar-refractivity contribution in [1.82, 2.24) is 5.32 Å². The number of hydrogen-bond acceptors (Lipinski definition) is 17. The summed E-state index contributed by atoms with van der Waals surface area (Å²) in [6.45, 7) is 1.47. The van der Waals surface area contributed by atoms with Gasteiger partial charge in [0.05, 0.1) is 42.9 Å².